The van der Waals surface area contributed by atoms with Crippen LogP contribution in [0.15, 0.2) is 24.3 Å². The standard InChI is InChI=1S/C17H24N4/c1-20-10-17(11-20)12-21(13-17)7-6-16(19)8-14-2-4-15(9-18)5-3-14/h2-5,16H,6-8,10-13,19H2,1H3/t16-/m0/s1. The molecule has 0 bridgehead atoms. The Morgan fingerprint density at radius 3 is 2.48 bits per heavy atom. The zero-order valence-electron chi connectivity index (χ0n) is 12.8. The molecule has 21 heavy (non-hydrogen) atoms. The van der Waals surface area contributed by atoms with Gasteiger partial charge in [-0.05, 0) is 44.1 Å². The Hall–Kier alpha value is -1.41. The molecular weight excluding hydrogens is 260 g/mol. The summed E-state index contributed by atoms with van der Waals surface area (Å²) in [4.78, 5) is 4.93. The van der Waals surface area contributed by atoms with Gasteiger partial charge in [0, 0.05) is 37.6 Å². The summed E-state index contributed by atoms with van der Waals surface area (Å²) in [5, 5.41) is 8.79. The lowest BCUT2D eigenvalue weighted by Gasteiger charge is -2.60. The maximum Gasteiger partial charge on any atom is 0.0991 e. The first-order valence-electron chi connectivity index (χ1n) is 7.74. The molecule has 1 aromatic carbocycles. The molecule has 0 saturated carbocycles. The second kappa shape index (κ2) is 5.76. The van der Waals surface area contributed by atoms with Crippen LogP contribution in [0.1, 0.15) is 17.5 Å². The molecule has 4 heteroatoms. The Labute approximate surface area is 127 Å². The summed E-state index contributed by atoms with van der Waals surface area (Å²) in [6.45, 7) is 6.15. The zero-order valence-corrected chi connectivity index (χ0v) is 12.8. The SMILES string of the molecule is CN1CC2(C1)CN(CC[C@H](N)Cc1ccc(C#N)cc1)C2. The van der Waals surface area contributed by atoms with Crippen molar-refractivity contribution in [3.8, 4) is 6.07 Å². The maximum absolute atomic E-state index is 8.79. The smallest absolute Gasteiger partial charge is 0.0991 e. The third-order valence-corrected chi connectivity index (χ3v) is 4.73. The number of nitriles is 1. The Balaban J connectivity index is 1.37. The lowest BCUT2D eigenvalue weighted by molar-refractivity contribution is -0.104. The van der Waals surface area contributed by atoms with E-state index in [0.717, 1.165) is 19.4 Å². The topological polar surface area (TPSA) is 56.3 Å². The zero-order chi connectivity index (χ0) is 14.9. The van der Waals surface area contributed by atoms with Crippen LogP contribution in [0.3, 0.4) is 0 Å². The molecule has 4 nitrogen and oxygen atoms in total. The van der Waals surface area contributed by atoms with Crippen LogP contribution in [-0.4, -0.2) is 55.6 Å². The highest BCUT2D eigenvalue weighted by molar-refractivity contribution is 5.31. The fraction of sp³-hybridized carbons (Fsp3) is 0.588. The number of rotatable bonds is 5. The first-order valence-corrected chi connectivity index (χ1v) is 7.74. The minimum absolute atomic E-state index is 0.207. The Morgan fingerprint density at radius 1 is 1.24 bits per heavy atom. The van der Waals surface area contributed by atoms with Gasteiger partial charge in [0.15, 0.2) is 0 Å². The normalized spacial score (nSPS) is 22.3. The molecule has 2 N–H and O–H groups in total. The third-order valence-electron chi connectivity index (χ3n) is 4.73. The molecule has 1 spiro atoms. The van der Waals surface area contributed by atoms with E-state index in [1.54, 1.807) is 0 Å². The van der Waals surface area contributed by atoms with Crippen LogP contribution in [-0.2, 0) is 6.42 Å². The molecule has 1 atom stereocenters. The largest absolute Gasteiger partial charge is 0.327 e. The van der Waals surface area contributed by atoms with Crippen LogP contribution in [0, 0.1) is 16.7 Å². The van der Waals surface area contributed by atoms with Gasteiger partial charge in [-0.3, -0.25) is 0 Å². The molecule has 2 fully saturated rings. The van der Waals surface area contributed by atoms with Gasteiger partial charge in [-0.15, -0.1) is 0 Å². The van der Waals surface area contributed by atoms with E-state index in [2.05, 4.69) is 22.9 Å². The van der Waals surface area contributed by atoms with Gasteiger partial charge in [0.25, 0.3) is 0 Å². The third kappa shape index (κ3) is 3.26. The second-order valence-electron chi connectivity index (χ2n) is 6.94. The van der Waals surface area contributed by atoms with Crippen molar-refractivity contribution in [2.75, 3.05) is 39.8 Å². The summed E-state index contributed by atoms with van der Waals surface area (Å²) < 4.78 is 0. The van der Waals surface area contributed by atoms with Crippen molar-refractivity contribution in [1.29, 1.82) is 5.26 Å². The van der Waals surface area contributed by atoms with Crippen molar-refractivity contribution in [3.63, 3.8) is 0 Å². The van der Waals surface area contributed by atoms with E-state index in [4.69, 9.17) is 11.0 Å². The number of hydrogen-bond acceptors (Lipinski definition) is 4. The van der Waals surface area contributed by atoms with Gasteiger partial charge < -0.3 is 15.5 Å². The summed E-state index contributed by atoms with van der Waals surface area (Å²) in [7, 11) is 2.20. The predicted molar refractivity (Wildman–Crippen MR) is 83.8 cm³/mol. The molecule has 0 radical (unpaired) electrons. The van der Waals surface area contributed by atoms with Crippen molar-refractivity contribution < 1.29 is 0 Å². The predicted octanol–water partition coefficient (Wildman–Crippen LogP) is 1.07. The Kier molecular flexibility index (Phi) is 3.99. The number of nitrogens with two attached hydrogens (primary N) is 1. The molecule has 0 amide bonds. The van der Waals surface area contributed by atoms with E-state index in [1.165, 1.54) is 31.7 Å². The van der Waals surface area contributed by atoms with Gasteiger partial charge in [0.2, 0.25) is 0 Å². The number of likely N-dealkylation sites (tertiary alicyclic amines) is 2. The van der Waals surface area contributed by atoms with E-state index in [1.807, 2.05) is 24.3 Å². The first kappa shape index (κ1) is 14.5. The highest BCUT2D eigenvalue weighted by Gasteiger charge is 2.49. The second-order valence-corrected chi connectivity index (χ2v) is 6.94. The molecule has 112 valence electrons. The average Bonchev–Trinajstić information content (AvgIpc) is 2.40. The summed E-state index contributed by atoms with van der Waals surface area (Å²) in [5.74, 6) is 0. The van der Waals surface area contributed by atoms with Gasteiger partial charge in [-0.1, -0.05) is 12.1 Å². The molecule has 2 aliphatic heterocycles. The lowest BCUT2D eigenvalue weighted by Crippen LogP contribution is -2.71. The van der Waals surface area contributed by atoms with Crippen molar-refractivity contribution in [3.05, 3.63) is 35.4 Å². The van der Waals surface area contributed by atoms with Crippen molar-refractivity contribution in [2.24, 2.45) is 11.1 Å². The Bertz CT molecular complexity index is 517. The first-order chi connectivity index (χ1) is 10.1. The highest BCUT2D eigenvalue weighted by atomic mass is 15.3. The quantitative estimate of drug-likeness (QED) is 0.878. The van der Waals surface area contributed by atoms with Gasteiger partial charge >= 0.3 is 0 Å². The van der Waals surface area contributed by atoms with Gasteiger partial charge in [0.05, 0.1) is 11.6 Å². The number of hydrogen-bond donors (Lipinski definition) is 1. The van der Waals surface area contributed by atoms with Gasteiger partial charge in [-0.2, -0.15) is 5.26 Å². The number of benzene rings is 1. The van der Waals surface area contributed by atoms with E-state index in [-0.39, 0.29) is 6.04 Å². The monoisotopic (exact) mass is 284 g/mol. The van der Waals surface area contributed by atoms with Crippen LogP contribution < -0.4 is 5.73 Å². The molecule has 1 aromatic rings. The molecule has 2 aliphatic rings. The Morgan fingerprint density at radius 2 is 1.90 bits per heavy atom. The van der Waals surface area contributed by atoms with Crippen LogP contribution in [0.2, 0.25) is 0 Å². The molecule has 3 rings (SSSR count). The summed E-state index contributed by atoms with van der Waals surface area (Å²) in [5.41, 5.74) is 8.79. The van der Waals surface area contributed by atoms with Crippen LogP contribution in [0.4, 0.5) is 0 Å². The fourth-order valence-corrected chi connectivity index (χ4v) is 3.83. The highest BCUT2D eigenvalue weighted by Crippen LogP contribution is 2.38. The van der Waals surface area contributed by atoms with Gasteiger partial charge in [0.1, 0.15) is 0 Å². The summed E-state index contributed by atoms with van der Waals surface area (Å²) in [6, 6.07) is 10.1. The lowest BCUT2D eigenvalue weighted by atomic mass is 9.73. The minimum atomic E-state index is 0.207. The van der Waals surface area contributed by atoms with Crippen molar-refractivity contribution >= 4 is 0 Å². The van der Waals surface area contributed by atoms with Crippen molar-refractivity contribution in [1.82, 2.24) is 9.80 Å². The molecule has 2 saturated heterocycles. The van der Waals surface area contributed by atoms with Gasteiger partial charge in [-0.25, -0.2) is 0 Å². The molecule has 2 heterocycles. The van der Waals surface area contributed by atoms with Crippen LogP contribution in [0.5, 0.6) is 0 Å². The van der Waals surface area contributed by atoms with E-state index in [9.17, 15) is 0 Å². The number of nitrogens with zero attached hydrogens (tertiary/aromatic N) is 3. The van der Waals surface area contributed by atoms with E-state index >= 15 is 0 Å². The maximum atomic E-state index is 8.79. The van der Waals surface area contributed by atoms with E-state index < -0.39 is 0 Å². The molecule has 0 unspecified atom stereocenters. The van der Waals surface area contributed by atoms with E-state index in [0.29, 0.717) is 11.0 Å². The summed E-state index contributed by atoms with van der Waals surface area (Å²) >= 11 is 0. The van der Waals surface area contributed by atoms with Crippen LogP contribution in [0.25, 0.3) is 0 Å². The average molecular weight is 284 g/mol. The van der Waals surface area contributed by atoms with Crippen molar-refractivity contribution in [2.45, 2.75) is 18.9 Å². The fourth-order valence-electron chi connectivity index (χ4n) is 3.83. The van der Waals surface area contributed by atoms with Crippen LogP contribution >= 0.6 is 0 Å². The molecule has 0 aromatic heterocycles. The summed E-state index contributed by atoms with van der Waals surface area (Å²) in [6.07, 6.45) is 1.94. The molecular formula is C17H24N4. The minimum Gasteiger partial charge on any atom is -0.327 e. The molecule has 0 aliphatic carbocycles.